The number of thiophene rings is 1. The van der Waals surface area contributed by atoms with E-state index in [1.807, 2.05) is 0 Å². The zero-order valence-electron chi connectivity index (χ0n) is 9.72. The van der Waals surface area contributed by atoms with Crippen molar-refractivity contribution in [3.05, 3.63) is 28.6 Å². The lowest BCUT2D eigenvalue weighted by atomic mass is 10.5. The van der Waals surface area contributed by atoms with Crippen LogP contribution in [0.2, 0.25) is 0 Å². The molecule has 1 rings (SSSR count). The van der Waals surface area contributed by atoms with Crippen LogP contribution < -0.4 is 5.32 Å². The van der Waals surface area contributed by atoms with Gasteiger partial charge >= 0.3 is 0 Å². The fraction of sp³-hybridized carbons (Fsp3) is 0.300. The SMILES string of the molecule is C=C(Br)CNC(=O)CN(C)S(=O)(=O)c1cccs1. The van der Waals surface area contributed by atoms with E-state index in [1.54, 1.807) is 11.4 Å². The molecule has 0 fully saturated rings. The van der Waals surface area contributed by atoms with Crippen molar-refractivity contribution in [2.75, 3.05) is 20.1 Å². The third kappa shape index (κ3) is 4.20. The van der Waals surface area contributed by atoms with E-state index >= 15 is 0 Å². The lowest BCUT2D eigenvalue weighted by Crippen LogP contribution is -2.38. The van der Waals surface area contributed by atoms with Crippen LogP contribution in [0.25, 0.3) is 0 Å². The number of sulfonamides is 1. The Morgan fingerprint density at radius 3 is 2.78 bits per heavy atom. The molecule has 1 N–H and O–H groups in total. The summed E-state index contributed by atoms with van der Waals surface area (Å²) in [5.41, 5.74) is 0. The summed E-state index contributed by atoms with van der Waals surface area (Å²) in [7, 11) is -2.20. The van der Waals surface area contributed by atoms with Gasteiger partial charge in [0.25, 0.3) is 10.0 Å². The van der Waals surface area contributed by atoms with Crippen LogP contribution in [0.4, 0.5) is 0 Å². The monoisotopic (exact) mass is 352 g/mol. The molecule has 5 nitrogen and oxygen atoms in total. The Hall–Kier alpha value is -0.700. The van der Waals surface area contributed by atoms with E-state index in [0.717, 1.165) is 15.6 Å². The maximum absolute atomic E-state index is 12.0. The molecule has 100 valence electrons. The molecular weight excluding hydrogens is 340 g/mol. The maximum atomic E-state index is 12.0. The average molecular weight is 353 g/mol. The van der Waals surface area contributed by atoms with Crippen molar-refractivity contribution >= 4 is 43.2 Å². The van der Waals surface area contributed by atoms with Crippen molar-refractivity contribution in [2.45, 2.75) is 4.21 Å². The van der Waals surface area contributed by atoms with E-state index < -0.39 is 10.0 Å². The fourth-order valence-electron chi connectivity index (χ4n) is 1.10. The fourth-order valence-corrected chi connectivity index (χ4v) is 3.57. The van der Waals surface area contributed by atoms with Crippen molar-refractivity contribution < 1.29 is 13.2 Å². The lowest BCUT2D eigenvalue weighted by Gasteiger charge is -2.15. The van der Waals surface area contributed by atoms with Gasteiger partial charge in [0.05, 0.1) is 6.54 Å². The van der Waals surface area contributed by atoms with Gasteiger partial charge < -0.3 is 5.32 Å². The third-order valence-electron chi connectivity index (χ3n) is 2.00. The van der Waals surface area contributed by atoms with Gasteiger partial charge in [0.1, 0.15) is 4.21 Å². The number of hydrogen-bond donors (Lipinski definition) is 1. The van der Waals surface area contributed by atoms with E-state index in [-0.39, 0.29) is 23.2 Å². The molecule has 1 aromatic rings. The number of nitrogens with one attached hydrogen (secondary N) is 1. The largest absolute Gasteiger partial charge is 0.350 e. The van der Waals surface area contributed by atoms with E-state index in [0.29, 0.717) is 4.48 Å². The van der Waals surface area contributed by atoms with Crippen LogP contribution in [-0.2, 0) is 14.8 Å². The zero-order chi connectivity index (χ0) is 13.8. The minimum absolute atomic E-state index is 0.222. The van der Waals surface area contributed by atoms with Gasteiger partial charge in [-0.1, -0.05) is 28.6 Å². The second kappa shape index (κ2) is 6.46. The Morgan fingerprint density at radius 1 is 1.61 bits per heavy atom. The Morgan fingerprint density at radius 2 is 2.28 bits per heavy atom. The number of carbonyl (C=O) groups is 1. The highest BCUT2D eigenvalue weighted by atomic mass is 79.9. The van der Waals surface area contributed by atoms with E-state index in [9.17, 15) is 13.2 Å². The molecule has 18 heavy (non-hydrogen) atoms. The number of amides is 1. The molecule has 1 heterocycles. The first-order valence-electron chi connectivity index (χ1n) is 4.94. The number of likely N-dealkylation sites (N-methyl/N-ethyl adjacent to an activating group) is 1. The van der Waals surface area contributed by atoms with Gasteiger partial charge in [0, 0.05) is 18.1 Å². The van der Waals surface area contributed by atoms with Crippen LogP contribution in [0.5, 0.6) is 0 Å². The van der Waals surface area contributed by atoms with Crippen molar-refractivity contribution in [2.24, 2.45) is 0 Å². The standard InChI is InChI=1S/C10H13BrN2O3S2/c1-8(11)6-12-9(14)7-13(2)18(15,16)10-4-3-5-17-10/h3-5H,1,6-7H2,2H3,(H,12,14). The number of nitrogens with zero attached hydrogens (tertiary/aromatic N) is 1. The average Bonchev–Trinajstić information content (AvgIpc) is 2.80. The van der Waals surface area contributed by atoms with Crippen LogP contribution >= 0.6 is 27.3 Å². The van der Waals surface area contributed by atoms with Crippen molar-refractivity contribution in [3.63, 3.8) is 0 Å². The normalized spacial score (nSPS) is 11.5. The molecule has 0 aliphatic heterocycles. The summed E-state index contributed by atoms with van der Waals surface area (Å²) in [4.78, 5) is 11.5. The Balaban J connectivity index is 2.63. The Kier molecular flexibility index (Phi) is 5.51. The molecule has 0 unspecified atom stereocenters. The summed E-state index contributed by atoms with van der Waals surface area (Å²) >= 11 is 4.22. The third-order valence-corrected chi connectivity index (χ3v) is 5.46. The summed E-state index contributed by atoms with van der Waals surface area (Å²) in [6, 6.07) is 3.16. The van der Waals surface area contributed by atoms with E-state index in [2.05, 4.69) is 27.8 Å². The Labute approximate surface area is 119 Å². The van der Waals surface area contributed by atoms with Gasteiger partial charge in [0.15, 0.2) is 0 Å². The quantitative estimate of drug-likeness (QED) is 0.841. The molecule has 0 aliphatic carbocycles. The number of carbonyl (C=O) groups excluding carboxylic acids is 1. The van der Waals surface area contributed by atoms with Gasteiger partial charge in [-0.2, -0.15) is 4.31 Å². The van der Waals surface area contributed by atoms with Gasteiger partial charge in [0.2, 0.25) is 5.91 Å². The molecule has 1 aromatic heterocycles. The Bertz CT molecular complexity index is 525. The zero-order valence-corrected chi connectivity index (χ0v) is 12.9. The highest BCUT2D eigenvalue weighted by Gasteiger charge is 2.23. The van der Waals surface area contributed by atoms with Gasteiger partial charge in [-0.3, -0.25) is 4.79 Å². The van der Waals surface area contributed by atoms with Crippen molar-refractivity contribution in [1.29, 1.82) is 0 Å². The first-order valence-corrected chi connectivity index (χ1v) is 8.05. The molecular formula is C10H13BrN2O3S2. The second-order valence-corrected chi connectivity index (χ2v) is 7.83. The molecule has 0 aromatic carbocycles. The summed E-state index contributed by atoms with van der Waals surface area (Å²) < 4.78 is 25.9. The van der Waals surface area contributed by atoms with Crippen LogP contribution in [-0.4, -0.2) is 38.8 Å². The summed E-state index contributed by atoms with van der Waals surface area (Å²) in [6.07, 6.45) is 0. The molecule has 0 aliphatic rings. The molecule has 0 saturated heterocycles. The molecule has 0 atom stereocenters. The maximum Gasteiger partial charge on any atom is 0.252 e. The molecule has 0 saturated carbocycles. The molecule has 0 bridgehead atoms. The van der Waals surface area contributed by atoms with Crippen LogP contribution in [0.1, 0.15) is 0 Å². The summed E-state index contributed by atoms with van der Waals surface area (Å²) in [6.45, 7) is 3.62. The molecule has 8 heteroatoms. The number of halogens is 1. The topological polar surface area (TPSA) is 66.5 Å². The predicted octanol–water partition coefficient (Wildman–Crippen LogP) is 1.39. The molecule has 1 amide bonds. The van der Waals surface area contributed by atoms with Crippen molar-refractivity contribution in [3.8, 4) is 0 Å². The second-order valence-electron chi connectivity index (χ2n) is 3.49. The van der Waals surface area contributed by atoms with Gasteiger partial charge in [-0.25, -0.2) is 8.42 Å². The minimum atomic E-state index is -3.57. The highest BCUT2D eigenvalue weighted by molar-refractivity contribution is 9.11. The lowest BCUT2D eigenvalue weighted by molar-refractivity contribution is -0.120. The molecule has 0 radical (unpaired) electrons. The van der Waals surface area contributed by atoms with Gasteiger partial charge in [-0.15, -0.1) is 11.3 Å². The number of rotatable bonds is 6. The smallest absolute Gasteiger partial charge is 0.252 e. The van der Waals surface area contributed by atoms with E-state index in [4.69, 9.17) is 0 Å². The minimum Gasteiger partial charge on any atom is -0.350 e. The first kappa shape index (κ1) is 15.4. The highest BCUT2D eigenvalue weighted by Crippen LogP contribution is 2.19. The van der Waals surface area contributed by atoms with Crippen molar-refractivity contribution in [1.82, 2.24) is 9.62 Å². The molecule has 0 spiro atoms. The van der Waals surface area contributed by atoms with E-state index in [1.165, 1.54) is 13.1 Å². The summed E-state index contributed by atoms with van der Waals surface area (Å²) in [5.74, 6) is -0.377. The number of hydrogen-bond acceptors (Lipinski definition) is 4. The van der Waals surface area contributed by atoms with Crippen LogP contribution in [0.3, 0.4) is 0 Å². The summed E-state index contributed by atoms with van der Waals surface area (Å²) in [5, 5.41) is 4.22. The first-order chi connectivity index (χ1) is 8.34. The van der Waals surface area contributed by atoms with Crippen LogP contribution in [0, 0.1) is 0 Å². The predicted molar refractivity (Wildman–Crippen MR) is 75.2 cm³/mol. The van der Waals surface area contributed by atoms with Crippen LogP contribution in [0.15, 0.2) is 32.8 Å². The van der Waals surface area contributed by atoms with Gasteiger partial charge in [-0.05, 0) is 11.4 Å².